The van der Waals surface area contributed by atoms with E-state index >= 15 is 0 Å². The molecule has 9 aromatic rings. The molecule has 12 N–H and O–H groups in total. The first-order chi connectivity index (χ1) is 67.6. The number of aliphatic imine (C=N–C) groups is 1. The molecule has 0 spiro atoms. The summed E-state index contributed by atoms with van der Waals surface area (Å²) in [7, 11) is 7.97. The highest BCUT2D eigenvalue weighted by Gasteiger charge is 2.35. The highest BCUT2D eigenvalue weighted by Crippen LogP contribution is 2.40. The number of halogens is 1. The average molecular weight is 2010 g/mol. The largest absolute Gasteiger partial charge is 0.491 e. The zero-order valence-electron chi connectivity index (χ0n) is 81.8. The van der Waals surface area contributed by atoms with Gasteiger partial charge in [-0.25, -0.2) is 15.0 Å². The van der Waals surface area contributed by atoms with Crippen molar-refractivity contribution in [3.8, 4) is 10.8 Å². The van der Waals surface area contributed by atoms with Gasteiger partial charge in [-0.3, -0.25) is 76.7 Å². The number of nitrogens with zero attached hydrogens (tertiary/aromatic N) is 12. The van der Waals surface area contributed by atoms with Crippen LogP contribution in [0.15, 0.2) is 103 Å². The fourth-order valence-electron chi connectivity index (χ4n) is 14.2. The normalized spacial score (nSPS) is 12.6. The molecular weight excluding hydrogens is 1880 g/mol. The minimum atomic E-state index is -1.33. The first-order valence-corrected chi connectivity index (χ1v) is 47.1. The Hall–Kier alpha value is -14.4. The molecule has 8 heterocycles. The van der Waals surface area contributed by atoms with E-state index in [1.165, 1.54) is 55.2 Å². The Labute approximate surface area is 828 Å². The lowest BCUT2D eigenvalue weighted by Crippen LogP contribution is -2.54. The predicted octanol–water partition coefficient (Wildman–Crippen LogP) is 5.85. The van der Waals surface area contributed by atoms with Crippen LogP contribution in [0.2, 0.25) is 5.02 Å². The Bertz CT molecular complexity index is 5970. The maximum atomic E-state index is 14.1. The van der Waals surface area contributed by atoms with Crippen LogP contribution in [0.5, 0.6) is 5.75 Å². The lowest BCUT2D eigenvalue weighted by molar-refractivity contribution is -0.156. The Balaban J connectivity index is 0.550. The fourth-order valence-corrected chi connectivity index (χ4v) is 15.5. The molecule has 7 aromatic heterocycles. The third kappa shape index (κ3) is 34.3. The summed E-state index contributed by atoms with van der Waals surface area (Å²) >= 11 is 7.91. The van der Waals surface area contributed by atoms with Gasteiger partial charge in [-0.1, -0.05) is 23.7 Å². The number of benzene rings is 2. The molecule has 0 bridgehead atoms. The van der Waals surface area contributed by atoms with Gasteiger partial charge in [0, 0.05) is 170 Å². The Morgan fingerprint density at radius 1 is 0.451 bits per heavy atom. The Morgan fingerprint density at radius 3 is 1.48 bits per heavy atom. The van der Waals surface area contributed by atoms with E-state index in [1.54, 1.807) is 129 Å². The van der Waals surface area contributed by atoms with Gasteiger partial charge in [0.1, 0.15) is 63.9 Å². The molecule has 142 heavy (non-hydrogen) atoms. The zero-order valence-corrected chi connectivity index (χ0v) is 83.4. The van der Waals surface area contributed by atoms with E-state index in [0.717, 1.165) is 32.3 Å². The second-order valence-electron chi connectivity index (χ2n) is 34.9. The van der Waals surface area contributed by atoms with E-state index in [9.17, 15) is 67.1 Å². The number of fused-ring (bicyclic) bond motifs is 3. The summed E-state index contributed by atoms with van der Waals surface area (Å²) in [5.41, 5.74) is 3.50. The van der Waals surface area contributed by atoms with Crippen LogP contribution in [0.25, 0.3) is 5.00 Å². The van der Waals surface area contributed by atoms with Gasteiger partial charge >= 0.3 is 11.9 Å². The first kappa shape index (κ1) is 110. The van der Waals surface area contributed by atoms with E-state index < -0.39 is 100 Å². The van der Waals surface area contributed by atoms with Gasteiger partial charge in [0.05, 0.1) is 89.6 Å². The summed E-state index contributed by atoms with van der Waals surface area (Å²) in [4.78, 5) is 203. The summed E-state index contributed by atoms with van der Waals surface area (Å²) in [6.45, 7) is 17.5. The van der Waals surface area contributed by atoms with Crippen LogP contribution in [0, 0.1) is 20.8 Å². The number of thiophene rings is 1. The highest BCUT2D eigenvalue weighted by atomic mass is 35.5. The third-order valence-corrected chi connectivity index (χ3v) is 22.5. The quantitative estimate of drug-likeness (QED) is 0.0157. The summed E-state index contributed by atoms with van der Waals surface area (Å²) in [5, 5.41) is 42.7. The monoisotopic (exact) mass is 2010 g/mol. The van der Waals surface area contributed by atoms with Crippen molar-refractivity contribution in [2.45, 2.75) is 149 Å². The number of aromatic nitrogens is 11. The number of hydrogen-bond donors (Lipinski definition) is 12. The number of aryl methyl sites for hydroxylation is 7. The van der Waals surface area contributed by atoms with Crippen molar-refractivity contribution in [2.75, 3.05) is 132 Å². The summed E-state index contributed by atoms with van der Waals surface area (Å²) in [5.74, 6) is -5.82. The van der Waals surface area contributed by atoms with E-state index in [2.05, 4.69) is 103 Å². The zero-order chi connectivity index (χ0) is 103. The molecule has 0 radical (unpaired) electrons. The number of amides is 12. The number of esters is 2. The maximum Gasteiger partial charge on any atom is 0.306 e. The molecule has 48 heteroatoms. The van der Waals surface area contributed by atoms with Gasteiger partial charge in [-0.15, -0.1) is 21.5 Å². The van der Waals surface area contributed by atoms with Crippen molar-refractivity contribution in [3.63, 3.8) is 0 Å². The molecule has 764 valence electrons. The molecule has 0 aliphatic carbocycles. The molecule has 12 amide bonds. The minimum absolute atomic E-state index is 0.00613. The molecule has 1 aliphatic heterocycles. The van der Waals surface area contributed by atoms with E-state index in [-0.39, 0.29) is 221 Å². The van der Waals surface area contributed by atoms with Crippen molar-refractivity contribution in [1.82, 2.24) is 89.8 Å². The standard InChI is InChI=1S/C94H123ClN24O22S/c1-56-57(2)142-92-79(56)80(59-15-17-60(95)18-16-59)106-67(81-113-112-58(3)119(81)92)51-76(124)102-61-19-21-64(22-20-61)139-48-47-138-46-43-136-40-36-101-85(127)65(23-25-77(125)140-93(4,5)6)107-86(128)66(24-26-78(126)141-94(7,8)9)105-75(123)30-38-134-41-44-137-45-42-135-39-35-96-72(120)27-31-100-89(131)83-110-70(54-117(83)13)108-73(121)28-32-99-88(130)69-50-63(53-116(69)12)104-91(133)84-111-71(55-118(84)14)109-74(122)29-33-98-87(129)68-49-62(52-115(68)11)103-90(132)82-97-34-37-114(82)10/h15-22,34,37,49-50,52-55,65-67H,23-33,35-36,38-48,51H2,1-14H3,(H,96,120)(H,98,129)(H,99,130)(H,100,131)(H,101,127)(H,102,124)(H,103,132)(H,104,133)(H,105,123)(H,107,128)(H,108,121)(H,109,122)/t65-,66-,67+/m1/s1. The van der Waals surface area contributed by atoms with Crippen molar-refractivity contribution in [2.24, 2.45) is 40.2 Å². The van der Waals surface area contributed by atoms with Gasteiger partial charge in [0.15, 0.2) is 23.3 Å². The molecule has 0 fully saturated rings. The molecule has 0 unspecified atom stereocenters. The molecule has 0 saturated heterocycles. The first-order valence-electron chi connectivity index (χ1n) is 45.9. The number of hydrogen-bond acceptors (Lipinski definition) is 29. The van der Waals surface area contributed by atoms with Gasteiger partial charge in [-0.2, -0.15) is 0 Å². The number of carbonyl (C=O) groups is 14. The number of imidazole rings is 3. The lowest BCUT2D eigenvalue weighted by Gasteiger charge is -2.25. The van der Waals surface area contributed by atoms with Crippen molar-refractivity contribution in [1.29, 1.82) is 0 Å². The van der Waals surface area contributed by atoms with Crippen LogP contribution in [0.1, 0.15) is 191 Å². The van der Waals surface area contributed by atoms with Crippen LogP contribution >= 0.6 is 22.9 Å². The second kappa shape index (κ2) is 52.7. The molecule has 3 atom stereocenters. The number of ether oxygens (including phenoxy) is 8. The number of anilines is 5. The minimum Gasteiger partial charge on any atom is -0.491 e. The fraction of sp³-hybridized carbons (Fsp3) is 0.468. The molecule has 1 aliphatic rings. The average Bonchev–Trinajstić information content (AvgIpc) is 1.59. The highest BCUT2D eigenvalue weighted by molar-refractivity contribution is 7.15. The van der Waals surface area contributed by atoms with Crippen molar-refractivity contribution in [3.05, 3.63) is 165 Å². The van der Waals surface area contributed by atoms with E-state index in [4.69, 9.17) is 54.5 Å². The van der Waals surface area contributed by atoms with Crippen LogP contribution in [0.3, 0.4) is 0 Å². The van der Waals surface area contributed by atoms with Gasteiger partial charge in [0.25, 0.3) is 29.5 Å². The maximum absolute atomic E-state index is 14.1. The number of rotatable bonds is 54. The van der Waals surface area contributed by atoms with Gasteiger partial charge in [0.2, 0.25) is 53.0 Å². The Morgan fingerprint density at radius 2 is 0.944 bits per heavy atom. The molecule has 10 rings (SSSR count). The van der Waals surface area contributed by atoms with Crippen LogP contribution in [-0.4, -0.2) is 270 Å². The van der Waals surface area contributed by atoms with Crippen molar-refractivity contribution >= 4 is 140 Å². The third-order valence-electron chi connectivity index (χ3n) is 21.1. The smallest absolute Gasteiger partial charge is 0.306 e. The number of nitrogens with one attached hydrogen (secondary N) is 12. The van der Waals surface area contributed by atoms with E-state index in [0.29, 0.717) is 33.8 Å². The second-order valence-corrected chi connectivity index (χ2v) is 36.5. The predicted molar refractivity (Wildman–Crippen MR) is 522 cm³/mol. The molecule has 46 nitrogen and oxygen atoms in total. The molecule has 2 aromatic carbocycles. The Kier molecular flexibility index (Phi) is 40.7. The summed E-state index contributed by atoms with van der Waals surface area (Å²) in [6, 6.07) is 14.0. The van der Waals surface area contributed by atoms with Gasteiger partial charge in [-0.05, 0) is 129 Å². The van der Waals surface area contributed by atoms with E-state index in [1.807, 2.05) is 35.8 Å². The van der Waals surface area contributed by atoms with Crippen LogP contribution < -0.4 is 68.5 Å². The summed E-state index contributed by atoms with van der Waals surface area (Å²) < 4.78 is 54.3. The molecular formula is C94H123ClN24O22S. The van der Waals surface area contributed by atoms with Crippen molar-refractivity contribution < 1.29 is 105 Å². The lowest BCUT2D eigenvalue weighted by atomic mass is 9.99. The molecule has 0 saturated carbocycles. The topological polar surface area (TPSA) is 564 Å². The SMILES string of the molecule is Cc1sc2c(c1C)C(c1ccc(Cl)cc1)=N[C@@H](CC(=O)Nc1ccc(OCCOCCOCCNC(=O)[C@@H](CCC(=O)OC(C)(C)C)NC(=O)[C@@H](CCC(=O)OC(C)(C)C)NC(=O)CCOCCOCCOCCNC(=O)CCNC(=O)c3nc(NC(=O)CCNC(=O)c4cc(NC(=O)c5nc(NC(=O)CCNC(=O)c6cc(NC(=O)c7nccn7C)cn6C)cn5C)cn4C)cn3C)cc1)c1nnc(C)n1-2. The summed E-state index contributed by atoms with van der Waals surface area (Å²) in [6.07, 6.45) is 7.47. The van der Waals surface area contributed by atoms with Gasteiger partial charge < -0.3 is 125 Å². The van der Waals surface area contributed by atoms with Crippen LogP contribution in [0.4, 0.5) is 28.7 Å². The number of carbonyl (C=O) groups excluding carboxylic acids is 14. The van der Waals surface area contributed by atoms with Crippen LogP contribution in [-0.2, 0) is 112 Å².